The lowest BCUT2D eigenvalue weighted by Gasteiger charge is -2.15. The predicted molar refractivity (Wildman–Crippen MR) is 93.7 cm³/mol. The van der Waals surface area contributed by atoms with E-state index in [9.17, 15) is 4.79 Å². The molecule has 2 aromatic rings. The maximum absolute atomic E-state index is 12.5. The molecule has 0 saturated carbocycles. The molecule has 4 nitrogen and oxygen atoms in total. The summed E-state index contributed by atoms with van der Waals surface area (Å²) in [7, 11) is 0. The van der Waals surface area contributed by atoms with Crippen LogP contribution in [-0.4, -0.2) is 25.0 Å². The Morgan fingerprint density at radius 2 is 2.00 bits per heavy atom. The zero-order valence-corrected chi connectivity index (χ0v) is 14.3. The molecular weight excluding hydrogens is 356 g/mol. The molecule has 0 bridgehead atoms. The van der Waals surface area contributed by atoms with Gasteiger partial charge in [0.15, 0.2) is 0 Å². The van der Waals surface area contributed by atoms with Gasteiger partial charge in [0, 0.05) is 22.6 Å². The molecule has 2 N–H and O–H groups in total. The number of para-hydroxylation sites is 1. The van der Waals surface area contributed by atoms with Crippen LogP contribution in [0.4, 0.5) is 0 Å². The number of hydrogen-bond acceptors (Lipinski definition) is 3. The molecule has 1 saturated heterocycles. The molecule has 1 amide bonds. The Bertz CT molecular complexity index is 684. The first-order valence-electron chi connectivity index (χ1n) is 7.71. The van der Waals surface area contributed by atoms with E-state index in [0.29, 0.717) is 17.9 Å². The molecule has 1 fully saturated rings. The molecule has 0 aromatic heterocycles. The van der Waals surface area contributed by atoms with Crippen molar-refractivity contribution in [3.05, 3.63) is 64.1 Å². The Labute approximate surface area is 144 Å². The number of carbonyl (C=O) groups is 1. The summed E-state index contributed by atoms with van der Waals surface area (Å²) in [4.78, 5) is 12.5. The summed E-state index contributed by atoms with van der Waals surface area (Å²) in [5.41, 5.74) is 1.62. The van der Waals surface area contributed by atoms with E-state index in [2.05, 4.69) is 26.6 Å². The van der Waals surface area contributed by atoms with Crippen molar-refractivity contribution >= 4 is 21.8 Å². The number of hydrogen-bond donors (Lipinski definition) is 2. The van der Waals surface area contributed by atoms with Crippen LogP contribution >= 0.6 is 15.9 Å². The lowest BCUT2D eigenvalue weighted by Crippen LogP contribution is -2.36. The Hall–Kier alpha value is -1.85. The van der Waals surface area contributed by atoms with E-state index in [0.717, 1.165) is 29.5 Å². The number of benzene rings is 2. The SMILES string of the molecule is O=C(NC1CCNC1)c1ccccc1OCc1ccccc1Br. The molecule has 120 valence electrons. The van der Waals surface area contributed by atoms with Crippen LogP contribution in [0.15, 0.2) is 53.0 Å². The van der Waals surface area contributed by atoms with Crippen LogP contribution in [0.1, 0.15) is 22.3 Å². The highest BCUT2D eigenvalue weighted by Crippen LogP contribution is 2.22. The van der Waals surface area contributed by atoms with Gasteiger partial charge in [-0.1, -0.05) is 46.3 Å². The minimum atomic E-state index is -0.0820. The van der Waals surface area contributed by atoms with E-state index in [1.807, 2.05) is 42.5 Å². The highest BCUT2D eigenvalue weighted by molar-refractivity contribution is 9.10. The fourth-order valence-corrected chi connectivity index (χ4v) is 2.99. The van der Waals surface area contributed by atoms with Gasteiger partial charge in [-0.25, -0.2) is 0 Å². The monoisotopic (exact) mass is 374 g/mol. The maximum Gasteiger partial charge on any atom is 0.255 e. The molecule has 0 aliphatic carbocycles. The van der Waals surface area contributed by atoms with Gasteiger partial charge in [0.2, 0.25) is 0 Å². The fraction of sp³-hybridized carbons (Fsp3) is 0.278. The van der Waals surface area contributed by atoms with Gasteiger partial charge in [0.1, 0.15) is 12.4 Å². The zero-order chi connectivity index (χ0) is 16.1. The molecule has 2 aromatic carbocycles. The summed E-state index contributed by atoms with van der Waals surface area (Å²) in [6, 6.07) is 15.5. The van der Waals surface area contributed by atoms with Crippen molar-refractivity contribution in [2.45, 2.75) is 19.1 Å². The second kappa shape index (κ2) is 7.62. The molecule has 1 aliphatic rings. The molecule has 1 unspecified atom stereocenters. The van der Waals surface area contributed by atoms with Gasteiger partial charge in [-0.3, -0.25) is 4.79 Å². The van der Waals surface area contributed by atoms with E-state index in [1.54, 1.807) is 6.07 Å². The molecule has 3 rings (SSSR count). The minimum Gasteiger partial charge on any atom is -0.488 e. The Morgan fingerprint density at radius 3 is 2.78 bits per heavy atom. The van der Waals surface area contributed by atoms with E-state index in [4.69, 9.17) is 4.74 Å². The van der Waals surface area contributed by atoms with Crippen molar-refractivity contribution in [3.8, 4) is 5.75 Å². The first kappa shape index (κ1) is 16.0. The van der Waals surface area contributed by atoms with Crippen molar-refractivity contribution in [2.75, 3.05) is 13.1 Å². The minimum absolute atomic E-state index is 0.0820. The van der Waals surface area contributed by atoms with Crippen LogP contribution in [0.2, 0.25) is 0 Å². The summed E-state index contributed by atoms with van der Waals surface area (Å²) in [5, 5.41) is 6.30. The maximum atomic E-state index is 12.5. The molecule has 1 aliphatic heterocycles. The molecule has 0 radical (unpaired) electrons. The van der Waals surface area contributed by atoms with Crippen molar-refractivity contribution < 1.29 is 9.53 Å². The topological polar surface area (TPSA) is 50.4 Å². The van der Waals surface area contributed by atoms with Gasteiger partial charge in [-0.15, -0.1) is 0 Å². The van der Waals surface area contributed by atoms with Crippen LogP contribution in [0.5, 0.6) is 5.75 Å². The van der Waals surface area contributed by atoms with E-state index < -0.39 is 0 Å². The second-order valence-electron chi connectivity index (χ2n) is 5.54. The first-order chi connectivity index (χ1) is 11.2. The van der Waals surface area contributed by atoms with E-state index in [1.165, 1.54) is 0 Å². The van der Waals surface area contributed by atoms with Crippen molar-refractivity contribution in [1.82, 2.24) is 10.6 Å². The largest absolute Gasteiger partial charge is 0.488 e. The third kappa shape index (κ3) is 4.12. The van der Waals surface area contributed by atoms with E-state index >= 15 is 0 Å². The number of amides is 1. The highest BCUT2D eigenvalue weighted by atomic mass is 79.9. The van der Waals surface area contributed by atoms with Crippen LogP contribution in [-0.2, 0) is 6.61 Å². The van der Waals surface area contributed by atoms with Gasteiger partial charge in [-0.05, 0) is 31.2 Å². The fourth-order valence-electron chi connectivity index (χ4n) is 2.59. The number of halogens is 1. The number of ether oxygens (including phenoxy) is 1. The van der Waals surface area contributed by atoms with E-state index in [-0.39, 0.29) is 11.9 Å². The Kier molecular flexibility index (Phi) is 5.31. The standard InChI is InChI=1S/C18H19BrN2O2/c19-16-7-3-1-5-13(16)12-23-17-8-4-2-6-15(17)18(22)21-14-9-10-20-11-14/h1-8,14,20H,9-12H2,(H,21,22). The van der Waals surface area contributed by atoms with Crippen LogP contribution in [0.3, 0.4) is 0 Å². The van der Waals surface area contributed by atoms with Crippen molar-refractivity contribution in [3.63, 3.8) is 0 Å². The summed E-state index contributed by atoms with van der Waals surface area (Å²) < 4.78 is 6.88. The Morgan fingerprint density at radius 1 is 1.22 bits per heavy atom. The van der Waals surface area contributed by atoms with Crippen LogP contribution in [0.25, 0.3) is 0 Å². The molecule has 1 heterocycles. The van der Waals surface area contributed by atoms with Gasteiger partial charge in [0.05, 0.1) is 5.56 Å². The lowest BCUT2D eigenvalue weighted by atomic mass is 10.1. The smallest absolute Gasteiger partial charge is 0.255 e. The molecule has 0 spiro atoms. The average molecular weight is 375 g/mol. The third-order valence-corrected chi connectivity index (χ3v) is 4.64. The van der Waals surface area contributed by atoms with Crippen LogP contribution in [0, 0.1) is 0 Å². The van der Waals surface area contributed by atoms with Gasteiger partial charge in [-0.2, -0.15) is 0 Å². The zero-order valence-electron chi connectivity index (χ0n) is 12.7. The third-order valence-electron chi connectivity index (χ3n) is 3.87. The molecule has 5 heteroatoms. The summed E-state index contributed by atoms with van der Waals surface area (Å²) >= 11 is 3.51. The van der Waals surface area contributed by atoms with Crippen molar-refractivity contribution in [2.24, 2.45) is 0 Å². The lowest BCUT2D eigenvalue weighted by molar-refractivity contribution is 0.0935. The van der Waals surface area contributed by atoms with Gasteiger partial charge in [0.25, 0.3) is 5.91 Å². The quantitative estimate of drug-likeness (QED) is 0.845. The normalized spacial score (nSPS) is 17.0. The predicted octanol–water partition coefficient (Wildman–Crippen LogP) is 3.12. The summed E-state index contributed by atoms with van der Waals surface area (Å²) in [6.45, 7) is 2.19. The van der Waals surface area contributed by atoms with Gasteiger partial charge >= 0.3 is 0 Å². The molecular formula is C18H19BrN2O2. The second-order valence-corrected chi connectivity index (χ2v) is 6.39. The highest BCUT2D eigenvalue weighted by Gasteiger charge is 2.19. The number of nitrogens with one attached hydrogen (secondary N) is 2. The number of carbonyl (C=O) groups excluding carboxylic acids is 1. The average Bonchev–Trinajstić information content (AvgIpc) is 3.07. The molecule has 1 atom stereocenters. The summed E-state index contributed by atoms with van der Waals surface area (Å²) in [6.07, 6.45) is 0.964. The van der Waals surface area contributed by atoms with Crippen LogP contribution < -0.4 is 15.4 Å². The van der Waals surface area contributed by atoms with Crippen molar-refractivity contribution in [1.29, 1.82) is 0 Å². The summed E-state index contributed by atoms with van der Waals surface area (Å²) in [5.74, 6) is 0.521. The first-order valence-corrected chi connectivity index (χ1v) is 8.50. The van der Waals surface area contributed by atoms with Gasteiger partial charge < -0.3 is 15.4 Å². The molecule has 23 heavy (non-hydrogen) atoms. The Balaban J connectivity index is 1.70. The number of rotatable bonds is 5.